The molecule has 9 aromatic carbocycles. The van der Waals surface area contributed by atoms with Gasteiger partial charge in [-0.1, -0.05) is 190 Å². The molecule has 284 valence electrons. The van der Waals surface area contributed by atoms with Crippen LogP contribution in [0.3, 0.4) is 0 Å². The minimum atomic E-state index is -0.533. The first-order chi connectivity index (χ1) is 29.5. The van der Waals surface area contributed by atoms with Gasteiger partial charge in [-0.05, 0) is 103 Å². The summed E-state index contributed by atoms with van der Waals surface area (Å²) in [6, 6.07) is 77.9. The topological polar surface area (TPSA) is 16.4 Å². The summed E-state index contributed by atoms with van der Waals surface area (Å²) < 4.78 is 6.83. The molecular weight excluding hydrogens is 727 g/mol. The SMILES string of the molecule is CC1(C)c2ccccc2-c2cccc(-c3cccc(N(c4ccc5c(c4)C(c4ccccc4)(c4ccccc4)c4ccccc4-5)c4cccc5c4oc4ccccc45)c3)c21. The molecule has 0 bridgehead atoms. The molecule has 1 heterocycles. The van der Waals surface area contributed by atoms with Gasteiger partial charge in [-0.2, -0.15) is 0 Å². The quantitative estimate of drug-likeness (QED) is 0.168. The summed E-state index contributed by atoms with van der Waals surface area (Å²) in [6.45, 7) is 4.74. The van der Waals surface area contributed by atoms with Crippen LogP contribution in [-0.2, 0) is 10.8 Å². The van der Waals surface area contributed by atoms with Crippen LogP contribution in [0.1, 0.15) is 47.2 Å². The molecule has 2 aliphatic rings. The lowest BCUT2D eigenvalue weighted by atomic mass is 9.67. The number of anilines is 3. The summed E-state index contributed by atoms with van der Waals surface area (Å²) in [7, 11) is 0. The Balaban J connectivity index is 1.13. The molecular formula is C58H41NO. The van der Waals surface area contributed by atoms with Crippen molar-refractivity contribution >= 4 is 39.0 Å². The van der Waals surface area contributed by atoms with Gasteiger partial charge in [0.05, 0.1) is 11.1 Å². The maximum absolute atomic E-state index is 6.83. The van der Waals surface area contributed by atoms with Crippen molar-refractivity contribution in [3.63, 3.8) is 0 Å². The molecule has 1 aromatic heterocycles. The second kappa shape index (κ2) is 13.0. The van der Waals surface area contributed by atoms with Crippen LogP contribution >= 0.6 is 0 Å². The fourth-order valence-electron chi connectivity index (χ4n) is 10.8. The number of para-hydroxylation sites is 2. The van der Waals surface area contributed by atoms with Crippen molar-refractivity contribution in [3.8, 4) is 33.4 Å². The second-order valence-electron chi connectivity index (χ2n) is 16.8. The van der Waals surface area contributed by atoms with Crippen molar-refractivity contribution in [1.29, 1.82) is 0 Å². The van der Waals surface area contributed by atoms with Crippen LogP contribution in [0.5, 0.6) is 0 Å². The fraction of sp³-hybridized carbons (Fsp3) is 0.0690. The Morgan fingerprint density at radius 3 is 1.75 bits per heavy atom. The van der Waals surface area contributed by atoms with E-state index in [0.717, 1.165) is 39.0 Å². The van der Waals surface area contributed by atoms with Gasteiger partial charge in [-0.25, -0.2) is 0 Å². The van der Waals surface area contributed by atoms with Crippen molar-refractivity contribution in [2.45, 2.75) is 24.7 Å². The predicted octanol–water partition coefficient (Wildman–Crippen LogP) is 15.4. The lowest BCUT2D eigenvalue weighted by Crippen LogP contribution is -2.28. The molecule has 12 rings (SSSR count). The lowest BCUT2D eigenvalue weighted by molar-refractivity contribution is 0.662. The Bertz CT molecular complexity index is 3260. The summed E-state index contributed by atoms with van der Waals surface area (Å²) in [6.07, 6.45) is 0. The molecule has 0 spiro atoms. The van der Waals surface area contributed by atoms with Gasteiger partial charge in [0.2, 0.25) is 0 Å². The van der Waals surface area contributed by atoms with E-state index in [0.29, 0.717) is 0 Å². The van der Waals surface area contributed by atoms with Crippen molar-refractivity contribution in [2.24, 2.45) is 0 Å². The van der Waals surface area contributed by atoms with Gasteiger partial charge in [-0.15, -0.1) is 0 Å². The molecule has 0 unspecified atom stereocenters. The van der Waals surface area contributed by atoms with E-state index in [2.05, 4.69) is 231 Å². The van der Waals surface area contributed by atoms with E-state index in [1.807, 2.05) is 0 Å². The number of benzene rings is 9. The molecule has 0 aliphatic heterocycles. The Hall–Kier alpha value is -7.42. The summed E-state index contributed by atoms with van der Waals surface area (Å²) in [4.78, 5) is 2.42. The first-order valence-corrected chi connectivity index (χ1v) is 20.9. The number of nitrogens with zero attached hydrogens (tertiary/aromatic N) is 1. The van der Waals surface area contributed by atoms with Gasteiger partial charge in [0.25, 0.3) is 0 Å². The van der Waals surface area contributed by atoms with E-state index >= 15 is 0 Å². The van der Waals surface area contributed by atoms with E-state index in [4.69, 9.17) is 4.42 Å². The van der Waals surface area contributed by atoms with E-state index in [9.17, 15) is 0 Å². The third-order valence-electron chi connectivity index (χ3n) is 13.3. The molecule has 0 N–H and O–H groups in total. The van der Waals surface area contributed by atoms with E-state index in [1.54, 1.807) is 0 Å². The van der Waals surface area contributed by atoms with Gasteiger partial charge >= 0.3 is 0 Å². The zero-order valence-corrected chi connectivity index (χ0v) is 33.6. The predicted molar refractivity (Wildman–Crippen MR) is 249 cm³/mol. The maximum Gasteiger partial charge on any atom is 0.159 e. The second-order valence-corrected chi connectivity index (χ2v) is 16.8. The third kappa shape index (κ3) is 4.82. The maximum atomic E-state index is 6.83. The van der Waals surface area contributed by atoms with Crippen molar-refractivity contribution in [3.05, 3.63) is 246 Å². The molecule has 0 saturated heterocycles. The highest BCUT2D eigenvalue weighted by molar-refractivity contribution is 6.10. The van der Waals surface area contributed by atoms with Crippen LogP contribution in [0, 0.1) is 0 Å². The van der Waals surface area contributed by atoms with Crippen LogP contribution in [0.25, 0.3) is 55.3 Å². The third-order valence-corrected chi connectivity index (χ3v) is 13.3. The summed E-state index contributed by atoms with van der Waals surface area (Å²) >= 11 is 0. The van der Waals surface area contributed by atoms with Crippen molar-refractivity contribution < 1.29 is 4.42 Å². The fourth-order valence-corrected chi connectivity index (χ4v) is 10.8. The van der Waals surface area contributed by atoms with Crippen LogP contribution in [0.2, 0.25) is 0 Å². The zero-order chi connectivity index (χ0) is 40.0. The normalized spacial score (nSPS) is 14.1. The molecule has 0 atom stereocenters. The molecule has 10 aromatic rings. The van der Waals surface area contributed by atoms with Gasteiger partial charge in [0, 0.05) is 27.6 Å². The highest BCUT2D eigenvalue weighted by Crippen LogP contribution is 2.58. The molecule has 2 nitrogen and oxygen atoms in total. The highest BCUT2D eigenvalue weighted by Gasteiger charge is 2.46. The number of fused-ring (bicyclic) bond motifs is 9. The van der Waals surface area contributed by atoms with E-state index in [1.165, 1.54) is 66.8 Å². The number of hydrogen-bond donors (Lipinski definition) is 0. The van der Waals surface area contributed by atoms with Gasteiger partial charge in [0.1, 0.15) is 5.58 Å². The van der Waals surface area contributed by atoms with Gasteiger partial charge in [-0.3, -0.25) is 0 Å². The van der Waals surface area contributed by atoms with Crippen molar-refractivity contribution in [2.75, 3.05) is 4.90 Å². The average molecular weight is 768 g/mol. The molecule has 2 aliphatic carbocycles. The van der Waals surface area contributed by atoms with Crippen LogP contribution < -0.4 is 4.90 Å². The van der Waals surface area contributed by atoms with Gasteiger partial charge < -0.3 is 9.32 Å². The largest absolute Gasteiger partial charge is 0.454 e. The van der Waals surface area contributed by atoms with Crippen molar-refractivity contribution in [1.82, 2.24) is 0 Å². The van der Waals surface area contributed by atoms with Crippen LogP contribution in [-0.4, -0.2) is 0 Å². The van der Waals surface area contributed by atoms with Crippen LogP contribution in [0.15, 0.2) is 217 Å². The molecule has 0 radical (unpaired) electrons. The number of hydrogen-bond acceptors (Lipinski definition) is 2. The number of furan rings is 1. The van der Waals surface area contributed by atoms with Crippen LogP contribution in [0.4, 0.5) is 17.1 Å². The zero-order valence-electron chi connectivity index (χ0n) is 33.6. The first kappa shape index (κ1) is 34.6. The highest BCUT2D eigenvalue weighted by atomic mass is 16.3. The average Bonchev–Trinajstić information content (AvgIpc) is 3.91. The van der Waals surface area contributed by atoms with E-state index in [-0.39, 0.29) is 5.41 Å². The van der Waals surface area contributed by atoms with E-state index < -0.39 is 5.41 Å². The minimum absolute atomic E-state index is 0.148. The summed E-state index contributed by atoms with van der Waals surface area (Å²) in [5, 5.41) is 2.21. The smallest absolute Gasteiger partial charge is 0.159 e. The lowest BCUT2D eigenvalue weighted by Gasteiger charge is -2.35. The molecule has 0 fully saturated rings. The standard InChI is InChI=1S/C58H41NO/c1-57(2)50-30-12-9-25-45(50)48-28-16-27-43(55(48)57)38-18-15-23-41(36-38)59(53-32-17-29-49-47-26-11-14-33-54(47)60-56(49)53)42-34-35-46-44-24-10-13-31-51(44)58(52(46)37-42,39-19-5-3-6-20-39)40-21-7-4-8-22-40/h3-37H,1-2H3. The Kier molecular flexibility index (Phi) is 7.52. The molecule has 0 amide bonds. The summed E-state index contributed by atoms with van der Waals surface area (Å²) in [5.41, 5.74) is 19.6. The first-order valence-electron chi connectivity index (χ1n) is 20.9. The summed E-state index contributed by atoms with van der Waals surface area (Å²) in [5.74, 6) is 0. The molecule has 60 heavy (non-hydrogen) atoms. The Morgan fingerprint density at radius 1 is 0.400 bits per heavy atom. The molecule has 2 heteroatoms. The molecule has 0 saturated carbocycles. The Morgan fingerprint density at radius 2 is 0.967 bits per heavy atom. The minimum Gasteiger partial charge on any atom is -0.454 e. The Labute approximate surface area is 350 Å². The monoisotopic (exact) mass is 767 g/mol. The number of rotatable bonds is 6. The van der Waals surface area contributed by atoms with Gasteiger partial charge in [0.15, 0.2) is 5.58 Å².